The highest BCUT2D eigenvalue weighted by molar-refractivity contribution is 5.56. The summed E-state index contributed by atoms with van der Waals surface area (Å²) < 4.78 is 44.6. The van der Waals surface area contributed by atoms with E-state index in [0.29, 0.717) is 23.9 Å². The largest absolute Gasteiger partial charge is 0.477 e. The summed E-state index contributed by atoms with van der Waals surface area (Å²) in [5.74, 6) is -0.528. The van der Waals surface area contributed by atoms with E-state index in [9.17, 15) is 13.2 Å². The summed E-state index contributed by atoms with van der Waals surface area (Å²) in [6.07, 6.45) is -0.335. The standard InChI is InChI=1S/C18H19F3N4O/c1-2-3-4-5-9-26-16-15(18(19,20)21)12-23-17(25-16)24-14-8-6-7-13(10-14)11-22/h6-8,10,12H,2-5,9H2,1H3,(H,23,24,25). The third kappa shape index (κ3) is 5.62. The molecule has 138 valence electrons. The van der Waals surface area contributed by atoms with Gasteiger partial charge in [-0.05, 0) is 24.6 Å². The summed E-state index contributed by atoms with van der Waals surface area (Å²) in [5.41, 5.74) is -0.101. The number of unbranched alkanes of at least 4 members (excludes halogenated alkanes) is 3. The highest BCUT2D eigenvalue weighted by Crippen LogP contribution is 2.35. The topological polar surface area (TPSA) is 70.8 Å². The van der Waals surface area contributed by atoms with Gasteiger partial charge in [0, 0.05) is 11.9 Å². The fourth-order valence-electron chi connectivity index (χ4n) is 2.22. The van der Waals surface area contributed by atoms with Crippen molar-refractivity contribution in [3.8, 4) is 11.9 Å². The van der Waals surface area contributed by atoms with Crippen LogP contribution in [0.5, 0.6) is 5.88 Å². The number of nitrogens with zero attached hydrogens (tertiary/aromatic N) is 3. The Morgan fingerprint density at radius 3 is 2.73 bits per heavy atom. The summed E-state index contributed by atoms with van der Waals surface area (Å²) >= 11 is 0. The Labute approximate surface area is 149 Å². The lowest BCUT2D eigenvalue weighted by atomic mass is 10.2. The Morgan fingerprint density at radius 2 is 2.04 bits per heavy atom. The third-order valence-electron chi connectivity index (χ3n) is 3.54. The van der Waals surface area contributed by atoms with Crippen LogP contribution in [-0.4, -0.2) is 16.6 Å². The lowest BCUT2D eigenvalue weighted by Crippen LogP contribution is -2.13. The van der Waals surface area contributed by atoms with Crippen LogP contribution in [0.25, 0.3) is 0 Å². The molecule has 1 N–H and O–H groups in total. The summed E-state index contributed by atoms with van der Waals surface area (Å²) in [5, 5.41) is 11.7. The Kier molecular flexibility index (Phi) is 6.78. The third-order valence-corrected chi connectivity index (χ3v) is 3.54. The summed E-state index contributed by atoms with van der Waals surface area (Å²) in [4.78, 5) is 7.57. The number of benzene rings is 1. The van der Waals surface area contributed by atoms with Crippen LogP contribution in [0.3, 0.4) is 0 Å². The normalized spacial score (nSPS) is 11.0. The molecule has 2 aromatic rings. The van der Waals surface area contributed by atoms with E-state index >= 15 is 0 Å². The Bertz CT molecular complexity index is 772. The monoisotopic (exact) mass is 364 g/mol. The van der Waals surface area contributed by atoms with Gasteiger partial charge in [0.2, 0.25) is 11.8 Å². The SMILES string of the molecule is CCCCCCOc1nc(Nc2cccc(C#N)c2)ncc1C(F)(F)F. The van der Waals surface area contributed by atoms with E-state index in [2.05, 4.69) is 15.3 Å². The van der Waals surface area contributed by atoms with Crippen molar-refractivity contribution in [2.75, 3.05) is 11.9 Å². The van der Waals surface area contributed by atoms with Crippen molar-refractivity contribution in [3.05, 3.63) is 41.6 Å². The first-order valence-corrected chi connectivity index (χ1v) is 8.28. The fourth-order valence-corrected chi connectivity index (χ4v) is 2.22. The Morgan fingerprint density at radius 1 is 1.23 bits per heavy atom. The summed E-state index contributed by atoms with van der Waals surface area (Å²) in [7, 11) is 0. The predicted octanol–water partition coefficient (Wildman–Crippen LogP) is 5.07. The van der Waals surface area contributed by atoms with Gasteiger partial charge < -0.3 is 10.1 Å². The summed E-state index contributed by atoms with van der Waals surface area (Å²) in [6, 6.07) is 8.46. The molecule has 0 spiro atoms. The van der Waals surface area contributed by atoms with Crippen molar-refractivity contribution in [1.82, 2.24) is 9.97 Å². The number of hydrogen-bond acceptors (Lipinski definition) is 5. The van der Waals surface area contributed by atoms with Crippen molar-refractivity contribution in [1.29, 1.82) is 5.26 Å². The molecule has 0 unspecified atom stereocenters. The molecule has 0 saturated carbocycles. The van der Waals surface area contributed by atoms with Gasteiger partial charge in [0.15, 0.2) is 0 Å². The van der Waals surface area contributed by atoms with Crippen LogP contribution in [-0.2, 0) is 6.18 Å². The van der Waals surface area contributed by atoms with E-state index in [4.69, 9.17) is 10.00 Å². The zero-order chi connectivity index (χ0) is 19.0. The van der Waals surface area contributed by atoms with Crippen LogP contribution in [0.4, 0.5) is 24.8 Å². The van der Waals surface area contributed by atoms with Crippen LogP contribution in [0, 0.1) is 11.3 Å². The van der Waals surface area contributed by atoms with Gasteiger partial charge in [-0.1, -0.05) is 32.3 Å². The van der Waals surface area contributed by atoms with E-state index < -0.39 is 17.6 Å². The fraction of sp³-hybridized carbons (Fsp3) is 0.389. The molecule has 1 aromatic heterocycles. The molecule has 0 aliphatic heterocycles. The number of nitriles is 1. The van der Waals surface area contributed by atoms with Crippen LogP contribution < -0.4 is 10.1 Å². The molecular weight excluding hydrogens is 345 g/mol. The molecule has 0 aliphatic carbocycles. The average molecular weight is 364 g/mol. The van der Waals surface area contributed by atoms with E-state index in [1.807, 2.05) is 13.0 Å². The lowest BCUT2D eigenvalue weighted by Gasteiger charge is -2.14. The highest BCUT2D eigenvalue weighted by atomic mass is 19.4. The van der Waals surface area contributed by atoms with Gasteiger partial charge in [0.05, 0.1) is 18.2 Å². The first kappa shape index (κ1) is 19.5. The number of halogens is 3. The first-order chi connectivity index (χ1) is 12.4. The van der Waals surface area contributed by atoms with Crippen LogP contribution in [0.15, 0.2) is 30.5 Å². The van der Waals surface area contributed by atoms with Gasteiger partial charge in [-0.25, -0.2) is 4.98 Å². The van der Waals surface area contributed by atoms with Gasteiger partial charge >= 0.3 is 6.18 Å². The van der Waals surface area contributed by atoms with Gasteiger partial charge in [0.1, 0.15) is 5.56 Å². The number of rotatable bonds is 8. The zero-order valence-corrected chi connectivity index (χ0v) is 14.3. The number of ether oxygens (including phenoxy) is 1. The van der Waals surface area contributed by atoms with Crippen molar-refractivity contribution >= 4 is 11.6 Å². The van der Waals surface area contributed by atoms with Crippen molar-refractivity contribution in [2.45, 2.75) is 38.8 Å². The van der Waals surface area contributed by atoms with Crippen LogP contribution in [0.2, 0.25) is 0 Å². The minimum Gasteiger partial charge on any atom is -0.477 e. The maximum atomic E-state index is 13.1. The van der Waals surface area contributed by atoms with E-state index in [0.717, 1.165) is 19.3 Å². The number of alkyl halides is 3. The number of aromatic nitrogens is 2. The van der Waals surface area contributed by atoms with E-state index in [1.54, 1.807) is 24.3 Å². The molecule has 26 heavy (non-hydrogen) atoms. The number of hydrogen-bond donors (Lipinski definition) is 1. The molecule has 0 amide bonds. The van der Waals surface area contributed by atoms with E-state index in [-0.39, 0.29) is 12.6 Å². The smallest absolute Gasteiger partial charge is 0.423 e. The second-order valence-electron chi connectivity index (χ2n) is 5.64. The molecule has 8 heteroatoms. The highest BCUT2D eigenvalue weighted by Gasteiger charge is 2.36. The minimum atomic E-state index is -4.60. The second-order valence-corrected chi connectivity index (χ2v) is 5.64. The minimum absolute atomic E-state index is 0.0309. The van der Waals surface area contributed by atoms with Crippen molar-refractivity contribution in [2.24, 2.45) is 0 Å². The predicted molar refractivity (Wildman–Crippen MR) is 91.1 cm³/mol. The maximum absolute atomic E-state index is 13.1. The Balaban J connectivity index is 2.17. The molecule has 5 nitrogen and oxygen atoms in total. The molecular formula is C18H19F3N4O. The van der Waals surface area contributed by atoms with Crippen molar-refractivity contribution < 1.29 is 17.9 Å². The second kappa shape index (κ2) is 9.04. The number of anilines is 2. The zero-order valence-electron chi connectivity index (χ0n) is 14.3. The molecule has 0 fully saturated rings. The molecule has 0 radical (unpaired) electrons. The number of nitrogens with one attached hydrogen (secondary N) is 1. The Hall–Kier alpha value is -2.82. The van der Waals surface area contributed by atoms with Gasteiger partial charge in [-0.2, -0.15) is 23.4 Å². The molecule has 2 rings (SSSR count). The van der Waals surface area contributed by atoms with Gasteiger partial charge in [-0.3, -0.25) is 0 Å². The van der Waals surface area contributed by atoms with Gasteiger partial charge in [0.25, 0.3) is 0 Å². The average Bonchev–Trinajstić information content (AvgIpc) is 2.61. The van der Waals surface area contributed by atoms with Gasteiger partial charge in [-0.15, -0.1) is 0 Å². The molecule has 0 bridgehead atoms. The quantitative estimate of drug-likeness (QED) is 0.662. The maximum Gasteiger partial charge on any atom is 0.423 e. The summed E-state index contributed by atoms with van der Waals surface area (Å²) in [6.45, 7) is 2.20. The molecule has 0 saturated heterocycles. The van der Waals surface area contributed by atoms with Crippen molar-refractivity contribution in [3.63, 3.8) is 0 Å². The molecule has 1 heterocycles. The van der Waals surface area contributed by atoms with Crippen LogP contribution in [0.1, 0.15) is 43.7 Å². The molecule has 0 aliphatic rings. The first-order valence-electron chi connectivity index (χ1n) is 8.28. The van der Waals surface area contributed by atoms with E-state index in [1.165, 1.54) is 0 Å². The molecule has 0 atom stereocenters. The lowest BCUT2D eigenvalue weighted by molar-refractivity contribution is -0.139. The van der Waals surface area contributed by atoms with Crippen LogP contribution >= 0.6 is 0 Å². The molecule has 1 aromatic carbocycles.